The molecule has 1 saturated heterocycles. The molecule has 2 bridgehead atoms. The Morgan fingerprint density at radius 3 is 2.31 bits per heavy atom. The zero-order valence-electron chi connectivity index (χ0n) is 17.6. The largest absolute Gasteiger partial charge is 0.484 e. The van der Waals surface area contributed by atoms with Crippen LogP contribution in [0.15, 0.2) is 48.5 Å². The molecule has 3 N–H and O–H groups in total. The van der Waals surface area contributed by atoms with Crippen molar-refractivity contribution in [1.82, 2.24) is 16.1 Å². The van der Waals surface area contributed by atoms with E-state index in [1.54, 1.807) is 24.3 Å². The maximum absolute atomic E-state index is 12.5. The fourth-order valence-electron chi connectivity index (χ4n) is 5.05. The van der Waals surface area contributed by atoms with Crippen molar-refractivity contribution in [3.8, 4) is 5.75 Å². The van der Waals surface area contributed by atoms with E-state index in [9.17, 15) is 4.79 Å². The first-order chi connectivity index (χ1) is 15.5. The van der Waals surface area contributed by atoms with E-state index in [0.717, 1.165) is 36.3 Å². The molecule has 4 aliphatic rings. The number of hydroxylamine groups is 1. The predicted molar refractivity (Wildman–Crippen MR) is 123 cm³/mol. The molecule has 32 heavy (non-hydrogen) atoms. The number of benzene rings is 2. The Bertz CT molecular complexity index is 935. The molecule has 2 aromatic carbocycles. The molecular formula is C24H27Cl2N3O3. The molecule has 170 valence electrons. The van der Waals surface area contributed by atoms with Crippen molar-refractivity contribution in [2.24, 2.45) is 11.8 Å². The van der Waals surface area contributed by atoms with Crippen LogP contribution in [-0.4, -0.2) is 30.8 Å². The summed E-state index contributed by atoms with van der Waals surface area (Å²) in [5, 5.41) is 8.28. The molecule has 1 aliphatic heterocycles. The molecule has 0 spiro atoms. The molecule has 4 unspecified atom stereocenters. The molecule has 0 aromatic heterocycles. The first kappa shape index (κ1) is 22.0. The summed E-state index contributed by atoms with van der Waals surface area (Å²) in [6, 6.07) is 15.3. The second kappa shape index (κ2) is 9.57. The molecule has 4 atom stereocenters. The zero-order chi connectivity index (χ0) is 22.1. The Morgan fingerprint density at radius 2 is 1.59 bits per heavy atom. The van der Waals surface area contributed by atoms with Crippen LogP contribution >= 0.6 is 23.2 Å². The maximum Gasteiger partial charge on any atom is 0.258 e. The van der Waals surface area contributed by atoms with E-state index in [1.165, 1.54) is 0 Å². The van der Waals surface area contributed by atoms with E-state index in [0.29, 0.717) is 28.6 Å². The van der Waals surface area contributed by atoms with E-state index in [1.807, 2.05) is 24.3 Å². The van der Waals surface area contributed by atoms with E-state index in [4.69, 9.17) is 32.8 Å². The molecule has 4 fully saturated rings. The Kier molecular flexibility index (Phi) is 6.58. The molecule has 1 heterocycles. The Balaban J connectivity index is 1.10. The number of ether oxygens (including phenoxy) is 1. The highest BCUT2D eigenvalue weighted by Gasteiger charge is 2.47. The SMILES string of the molecule is O=C(COc1ccc(Cl)cc1)NC1CC(NC2CC(c3ccc(Cl)cc3)ON2)C2CC1C2. The average Bonchev–Trinajstić information content (AvgIpc) is 3.21. The van der Waals surface area contributed by atoms with Gasteiger partial charge in [-0.15, -0.1) is 0 Å². The Labute approximate surface area is 197 Å². The number of hydrogen-bond acceptors (Lipinski definition) is 5. The summed E-state index contributed by atoms with van der Waals surface area (Å²) in [4.78, 5) is 18.3. The van der Waals surface area contributed by atoms with Crippen LogP contribution in [-0.2, 0) is 9.63 Å². The molecule has 1 amide bonds. The van der Waals surface area contributed by atoms with Gasteiger partial charge in [0, 0.05) is 28.5 Å². The van der Waals surface area contributed by atoms with Crippen molar-refractivity contribution in [3.63, 3.8) is 0 Å². The number of fused-ring (bicyclic) bond motifs is 2. The molecule has 0 radical (unpaired) electrons. The third kappa shape index (κ3) is 5.05. The minimum Gasteiger partial charge on any atom is -0.484 e. The van der Waals surface area contributed by atoms with Gasteiger partial charge >= 0.3 is 0 Å². The van der Waals surface area contributed by atoms with Gasteiger partial charge in [-0.25, -0.2) is 0 Å². The predicted octanol–water partition coefficient (Wildman–Crippen LogP) is 4.24. The van der Waals surface area contributed by atoms with Gasteiger partial charge in [-0.05, 0) is 73.1 Å². The Morgan fingerprint density at radius 1 is 0.938 bits per heavy atom. The van der Waals surface area contributed by atoms with E-state index in [-0.39, 0.29) is 30.8 Å². The van der Waals surface area contributed by atoms with Crippen LogP contribution in [0.1, 0.15) is 37.4 Å². The lowest BCUT2D eigenvalue weighted by molar-refractivity contribution is -0.125. The second-order valence-electron chi connectivity index (χ2n) is 8.98. The van der Waals surface area contributed by atoms with Crippen molar-refractivity contribution in [1.29, 1.82) is 0 Å². The van der Waals surface area contributed by atoms with Crippen molar-refractivity contribution in [2.45, 2.75) is 50.0 Å². The number of carbonyl (C=O) groups excluding carboxylic acids is 1. The van der Waals surface area contributed by atoms with Crippen molar-refractivity contribution < 1.29 is 14.4 Å². The quantitative estimate of drug-likeness (QED) is 0.558. The molecule has 8 heteroatoms. The van der Waals surface area contributed by atoms with Gasteiger partial charge in [-0.2, -0.15) is 5.48 Å². The van der Waals surface area contributed by atoms with Gasteiger partial charge < -0.3 is 10.1 Å². The van der Waals surface area contributed by atoms with Gasteiger partial charge in [0.15, 0.2) is 6.61 Å². The van der Waals surface area contributed by atoms with Crippen LogP contribution in [0.25, 0.3) is 0 Å². The van der Waals surface area contributed by atoms with Gasteiger partial charge in [0.25, 0.3) is 5.91 Å². The third-order valence-corrected chi connectivity index (χ3v) is 7.35. The van der Waals surface area contributed by atoms with E-state index in [2.05, 4.69) is 16.1 Å². The molecule has 3 saturated carbocycles. The smallest absolute Gasteiger partial charge is 0.258 e. The first-order valence-corrected chi connectivity index (χ1v) is 11.9. The highest BCUT2D eigenvalue weighted by atomic mass is 35.5. The summed E-state index contributed by atoms with van der Waals surface area (Å²) < 4.78 is 5.59. The third-order valence-electron chi connectivity index (χ3n) is 6.85. The van der Waals surface area contributed by atoms with Gasteiger partial charge in [0.05, 0.1) is 6.17 Å². The number of carbonyl (C=O) groups is 1. The molecule has 6 rings (SSSR count). The lowest BCUT2D eigenvalue weighted by Crippen LogP contribution is -2.61. The summed E-state index contributed by atoms with van der Waals surface area (Å²) in [5.74, 6) is 1.78. The number of halogens is 2. The van der Waals surface area contributed by atoms with Crippen LogP contribution < -0.4 is 20.9 Å². The van der Waals surface area contributed by atoms with Crippen molar-refractivity contribution >= 4 is 29.1 Å². The van der Waals surface area contributed by atoms with Crippen molar-refractivity contribution in [3.05, 3.63) is 64.1 Å². The Hall–Kier alpha value is -1.83. The first-order valence-electron chi connectivity index (χ1n) is 11.1. The average molecular weight is 476 g/mol. The monoisotopic (exact) mass is 475 g/mol. The lowest BCUT2D eigenvalue weighted by Gasteiger charge is -2.52. The molecule has 2 aromatic rings. The zero-order valence-corrected chi connectivity index (χ0v) is 19.1. The standard InChI is InChI=1S/C24H27Cl2N3O3/c25-17-3-1-14(2-4-17)22-12-23(29-32-22)27-20-11-21(16-9-15(20)10-16)28-24(30)13-31-19-7-5-18(26)6-8-19/h1-8,15-16,20-23,27,29H,9-13H2,(H,28,30). The van der Waals surface area contributed by atoms with Crippen LogP contribution in [0.4, 0.5) is 0 Å². The van der Waals surface area contributed by atoms with Gasteiger partial charge in [0.2, 0.25) is 0 Å². The van der Waals surface area contributed by atoms with Crippen LogP contribution in [0.5, 0.6) is 5.75 Å². The number of nitrogens with one attached hydrogen (secondary N) is 3. The van der Waals surface area contributed by atoms with Gasteiger partial charge in [0.1, 0.15) is 11.9 Å². The van der Waals surface area contributed by atoms with Gasteiger partial charge in [-0.1, -0.05) is 35.3 Å². The summed E-state index contributed by atoms with van der Waals surface area (Å²) in [5.41, 5.74) is 4.26. The summed E-state index contributed by atoms with van der Waals surface area (Å²) >= 11 is 11.9. The lowest BCUT2D eigenvalue weighted by atomic mass is 9.60. The number of hydrogen-bond donors (Lipinski definition) is 3. The summed E-state index contributed by atoms with van der Waals surface area (Å²) in [7, 11) is 0. The summed E-state index contributed by atoms with van der Waals surface area (Å²) in [6.45, 7) is 0.00711. The topological polar surface area (TPSA) is 71.6 Å². The second-order valence-corrected chi connectivity index (χ2v) is 9.85. The number of rotatable bonds is 7. The highest BCUT2D eigenvalue weighted by molar-refractivity contribution is 6.30. The molecule has 3 aliphatic carbocycles. The molecule has 6 nitrogen and oxygen atoms in total. The van der Waals surface area contributed by atoms with Crippen LogP contribution in [0.3, 0.4) is 0 Å². The van der Waals surface area contributed by atoms with Gasteiger partial charge in [-0.3, -0.25) is 14.9 Å². The minimum atomic E-state index is -0.0841. The van der Waals surface area contributed by atoms with E-state index >= 15 is 0 Å². The van der Waals surface area contributed by atoms with E-state index < -0.39 is 0 Å². The van der Waals surface area contributed by atoms with Crippen LogP contribution in [0, 0.1) is 11.8 Å². The van der Waals surface area contributed by atoms with Crippen LogP contribution in [0.2, 0.25) is 10.0 Å². The van der Waals surface area contributed by atoms with Crippen molar-refractivity contribution in [2.75, 3.05) is 6.61 Å². The fraction of sp³-hybridized carbons (Fsp3) is 0.458. The summed E-state index contributed by atoms with van der Waals surface area (Å²) in [6.07, 6.45) is 4.15. The highest BCUT2D eigenvalue weighted by Crippen LogP contribution is 2.46. The normalized spacial score (nSPS) is 31.1. The minimum absolute atomic E-state index is 0.00279. The number of amides is 1. The maximum atomic E-state index is 12.5. The molecular weight excluding hydrogens is 449 g/mol. The fourth-order valence-corrected chi connectivity index (χ4v) is 5.30.